The van der Waals surface area contributed by atoms with E-state index in [1.165, 1.54) is 12.8 Å². The molecule has 2 N–H and O–H groups in total. The van der Waals surface area contributed by atoms with Gasteiger partial charge in [0.2, 0.25) is 0 Å². The summed E-state index contributed by atoms with van der Waals surface area (Å²) in [6.45, 7) is 8.92. The van der Waals surface area contributed by atoms with Gasteiger partial charge in [-0.2, -0.15) is 0 Å². The fraction of sp³-hybridized carbons (Fsp3) is 0.700. The van der Waals surface area contributed by atoms with Crippen LogP contribution in [-0.2, 0) is 0 Å². The first-order valence-corrected chi connectivity index (χ1v) is 6.39. The van der Waals surface area contributed by atoms with Crippen molar-refractivity contribution in [1.82, 2.24) is 9.21 Å². The fourth-order valence-electron chi connectivity index (χ4n) is 1.18. The van der Waals surface area contributed by atoms with Gasteiger partial charge in [0.05, 0.1) is 0 Å². The van der Waals surface area contributed by atoms with Crippen LogP contribution in [0.25, 0.3) is 0 Å². The smallest absolute Gasteiger partial charge is 0.0169 e. The van der Waals surface area contributed by atoms with Crippen LogP contribution in [0.2, 0.25) is 0 Å². The lowest BCUT2D eigenvalue weighted by Gasteiger charge is -2.21. The van der Waals surface area contributed by atoms with Crippen LogP contribution in [0.1, 0.15) is 19.8 Å². The highest BCUT2D eigenvalue weighted by Crippen LogP contribution is 2.08. The summed E-state index contributed by atoms with van der Waals surface area (Å²) in [6, 6.07) is 0. The normalized spacial score (nSPS) is 12.9. The summed E-state index contributed by atoms with van der Waals surface area (Å²) in [5.41, 5.74) is 0. The second kappa shape index (κ2) is 8.03. The number of nitrogens with two attached hydrogens (primary N) is 1. The Morgan fingerprint density at radius 3 is 2.36 bits per heavy atom. The molecule has 0 saturated heterocycles. The molecule has 0 rings (SSSR count). The van der Waals surface area contributed by atoms with Crippen LogP contribution in [-0.4, -0.2) is 41.8 Å². The molecule has 0 heterocycles. The maximum Gasteiger partial charge on any atom is 0.0169 e. The summed E-state index contributed by atoms with van der Waals surface area (Å²) in [7, 11) is 1.72. The number of unbranched alkanes of at least 4 members (excludes halogenated alkanes) is 1. The first-order valence-electron chi connectivity index (χ1n) is 4.98. The average Bonchev–Trinajstić information content (AvgIpc) is 2.16. The zero-order valence-electron chi connectivity index (χ0n) is 9.41. The van der Waals surface area contributed by atoms with Gasteiger partial charge in [0.15, 0.2) is 0 Å². The number of hydrogen-bond acceptors (Lipinski definition) is 3. The van der Waals surface area contributed by atoms with Crippen molar-refractivity contribution in [3.8, 4) is 0 Å². The van der Waals surface area contributed by atoms with Crippen molar-refractivity contribution in [2.24, 2.45) is 5.14 Å². The van der Waals surface area contributed by atoms with Crippen LogP contribution >= 0.6 is 10.9 Å². The van der Waals surface area contributed by atoms with Gasteiger partial charge in [0.25, 0.3) is 0 Å². The third-order valence-corrected chi connectivity index (χ3v) is 3.27. The third-order valence-electron chi connectivity index (χ3n) is 2.16. The molecule has 0 aromatic carbocycles. The molecule has 3 nitrogen and oxygen atoms in total. The van der Waals surface area contributed by atoms with Crippen LogP contribution in [0.4, 0.5) is 0 Å². The van der Waals surface area contributed by atoms with Crippen LogP contribution in [0.3, 0.4) is 0 Å². The molecule has 0 amide bonds. The van der Waals surface area contributed by atoms with Gasteiger partial charge in [-0.15, -0.1) is 0 Å². The molecule has 1 atom stereocenters. The molecule has 0 fully saturated rings. The number of hydrogen-bond donors (Lipinski definition) is 1. The lowest BCUT2D eigenvalue weighted by Crippen LogP contribution is -2.22. The molecule has 4 heteroatoms. The number of nitrogens with zero attached hydrogens (tertiary/aromatic N) is 2. The highest BCUT2D eigenvalue weighted by molar-refractivity contribution is 8.10. The highest BCUT2D eigenvalue weighted by Gasteiger charge is 2.01. The molecule has 84 valence electrons. The Labute approximate surface area is 90.8 Å². The van der Waals surface area contributed by atoms with Crippen molar-refractivity contribution in [2.75, 3.05) is 26.7 Å². The van der Waals surface area contributed by atoms with Crippen LogP contribution in [0.5, 0.6) is 0 Å². The molecule has 0 saturated carbocycles. The van der Waals surface area contributed by atoms with E-state index < -0.39 is 0 Å². The summed E-state index contributed by atoms with van der Waals surface area (Å²) in [4.78, 5) is 2.10. The summed E-state index contributed by atoms with van der Waals surface area (Å²) in [5.74, 6) is 3.84. The lowest BCUT2D eigenvalue weighted by molar-refractivity contribution is 0.408. The Morgan fingerprint density at radius 2 is 1.93 bits per heavy atom. The molecule has 0 aliphatic rings. The van der Waals surface area contributed by atoms with Gasteiger partial charge >= 0.3 is 0 Å². The zero-order chi connectivity index (χ0) is 11.0. The Morgan fingerprint density at radius 1 is 1.36 bits per heavy atom. The maximum atomic E-state index is 5.73. The molecule has 0 aliphatic heterocycles. The molecule has 0 radical (unpaired) electrons. The first kappa shape index (κ1) is 13.7. The lowest BCUT2D eigenvalue weighted by atomic mass is 10.3. The van der Waals surface area contributed by atoms with Crippen LogP contribution in [0.15, 0.2) is 12.8 Å². The quantitative estimate of drug-likeness (QED) is 0.496. The Hall–Kier alpha value is -0.320. The predicted molar refractivity (Wildman–Crippen MR) is 68.2 cm³/mol. The van der Waals surface area contributed by atoms with Crippen LogP contribution < -0.4 is 5.14 Å². The van der Waals surface area contributed by atoms with Crippen molar-refractivity contribution in [3.05, 3.63) is 12.8 Å². The third kappa shape index (κ3) is 6.18. The van der Waals surface area contributed by atoms with E-state index in [0.717, 1.165) is 19.6 Å². The van der Waals surface area contributed by atoms with Crippen molar-refractivity contribution in [3.63, 3.8) is 0 Å². The van der Waals surface area contributed by atoms with E-state index in [-0.39, 0.29) is 10.9 Å². The topological polar surface area (TPSA) is 32.5 Å². The van der Waals surface area contributed by atoms with Gasteiger partial charge < -0.3 is 4.90 Å². The number of rotatable bonds is 8. The molecule has 0 aromatic rings. The Kier molecular flexibility index (Phi) is 7.84. The maximum absolute atomic E-state index is 5.73. The summed E-state index contributed by atoms with van der Waals surface area (Å²) < 4.78 is 2.20. The van der Waals surface area contributed by atoms with Crippen molar-refractivity contribution in [1.29, 1.82) is 0 Å². The van der Waals surface area contributed by atoms with Crippen molar-refractivity contribution >= 4 is 16.7 Å². The molecule has 1 unspecified atom stereocenters. The van der Waals surface area contributed by atoms with Gasteiger partial charge in [-0.05, 0) is 24.9 Å². The van der Waals surface area contributed by atoms with Crippen LogP contribution in [0, 0.1) is 0 Å². The second-order valence-electron chi connectivity index (χ2n) is 3.29. The SMILES string of the molecule is C=CN(C)CCCCN(CC)S(=C)N. The minimum Gasteiger partial charge on any atom is -0.381 e. The first-order chi connectivity index (χ1) is 6.61. The average molecular weight is 217 g/mol. The Balaban J connectivity index is 3.52. The highest BCUT2D eigenvalue weighted by atomic mass is 32.2. The van der Waals surface area contributed by atoms with E-state index in [1.54, 1.807) is 0 Å². The zero-order valence-corrected chi connectivity index (χ0v) is 10.2. The van der Waals surface area contributed by atoms with E-state index in [0.29, 0.717) is 0 Å². The minimum atomic E-state index is -0.320. The summed E-state index contributed by atoms with van der Waals surface area (Å²) in [5, 5.41) is 5.73. The summed E-state index contributed by atoms with van der Waals surface area (Å²) >= 11 is 0. The molecule has 14 heavy (non-hydrogen) atoms. The van der Waals surface area contributed by atoms with E-state index >= 15 is 0 Å². The summed E-state index contributed by atoms with van der Waals surface area (Å²) in [6.07, 6.45) is 4.20. The van der Waals surface area contributed by atoms with Crippen molar-refractivity contribution in [2.45, 2.75) is 19.8 Å². The monoisotopic (exact) mass is 217 g/mol. The minimum absolute atomic E-state index is 0.320. The van der Waals surface area contributed by atoms with Gasteiger partial charge in [0.1, 0.15) is 0 Å². The molecule has 0 aromatic heterocycles. The fourth-order valence-corrected chi connectivity index (χ4v) is 1.88. The molecule has 0 spiro atoms. The Bertz CT molecular complexity index is 182. The van der Waals surface area contributed by atoms with Gasteiger partial charge in [0, 0.05) is 26.7 Å². The van der Waals surface area contributed by atoms with E-state index in [2.05, 4.69) is 28.6 Å². The van der Waals surface area contributed by atoms with E-state index in [1.807, 2.05) is 13.2 Å². The van der Waals surface area contributed by atoms with Crippen molar-refractivity contribution < 1.29 is 0 Å². The molecular weight excluding hydrogens is 194 g/mol. The standard InChI is InChI=1S/C10H23N3S/c1-5-12(3)9-7-8-10-13(6-2)14(4)11/h5H,1,4,6-11H2,2-3H3. The second-order valence-corrected chi connectivity index (χ2v) is 4.61. The van der Waals surface area contributed by atoms with E-state index in [9.17, 15) is 0 Å². The van der Waals surface area contributed by atoms with Gasteiger partial charge in [-0.3, -0.25) is 5.14 Å². The molecule has 0 bridgehead atoms. The molecule has 0 aliphatic carbocycles. The largest absolute Gasteiger partial charge is 0.381 e. The molecular formula is C10H23N3S. The predicted octanol–water partition coefficient (Wildman–Crippen LogP) is 1.65. The van der Waals surface area contributed by atoms with E-state index in [4.69, 9.17) is 5.14 Å². The van der Waals surface area contributed by atoms with Gasteiger partial charge in [-0.25, -0.2) is 4.31 Å². The van der Waals surface area contributed by atoms with Gasteiger partial charge in [-0.1, -0.05) is 24.4 Å².